The first-order valence-electron chi connectivity index (χ1n) is 7.68. The number of nitrogens with one attached hydrogen (secondary N) is 2. The first-order valence-corrected chi connectivity index (χ1v) is 8.84. The lowest BCUT2D eigenvalue weighted by atomic mass is 10.2. The molecule has 0 spiro atoms. The Morgan fingerprint density at radius 2 is 1.76 bits per heavy atom. The van der Waals surface area contributed by atoms with Crippen LogP contribution in [0.2, 0.25) is 0 Å². The topological polar surface area (TPSA) is 58.2 Å². The van der Waals surface area contributed by atoms with Gasteiger partial charge < -0.3 is 5.32 Å². The highest BCUT2D eigenvalue weighted by atomic mass is 32.2. The van der Waals surface area contributed by atoms with Gasteiger partial charge in [0.1, 0.15) is 0 Å². The number of carbonyl (C=O) groups excluding carboxylic acids is 2. The van der Waals surface area contributed by atoms with Gasteiger partial charge in [-0.3, -0.25) is 10.1 Å². The Hall–Kier alpha value is -2.41. The quantitative estimate of drug-likeness (QED) is 0.738. The Bertz CT molecular complexity index is 726. The van der Waals surface area contributed by atoms with Crippen molar-refractivity contribution in [1.29, 1.82) is 0 Å². The SMILES string of the molecule is O=C(CCSCc1cccc(F)c1F)NC(=O)NCc1ccccc1. The van der Waals surface area contributed by atoms with Crippen LogP contribution in [0, 0.1) is 11.6 Å². The fraction of sp³-hybridized carbons (Fsp3) is 0.222. The Labute approximate surface area is 149 Å². The molecule has 4 nitrogen and oxygen atoms in total. The van der Waals surface area contributed by atoms with Crippen LogP contribution in [-0.4, -0.2) is 17.7 Å². The average molecular weight is 364 g/mol. The predicted molar refractivity (Wildman–Crippen MR) is 94.0 cm³/mol. The molecule has 132 valence electrons. The lowest BCUT2D eigenvalue weighted by Gasteiger charge is -2.07. The van der Waals surface area contributed by atoms with E-state index in [0.29, 0.717) is 12.3 Å². The summed E-state index contributed by atoms with van der Waals surface area (Å²) in [7, 11) is 0. The smallest absolute Gasteiger partial charge is 0.321 e. The first kappa shape index (κ1) is 18.9. The molecule has 7 heteroatoms. The average Bonchev–Trinajstić information content (AvgIpc) is 2.61. The summed E-state index contributed by atoms with van der Waals surface area (Å²) in [6.45, 7) is 0.327. The van der Waals surface area contributed by atoms with Gasteiger partial charge in [-0.2, -0.15) is 11.8 Å². The molecule has 0 heterocycles. The highest BCUT2D eigenvalue weighted by Crippen LogP contribution is 2.18. The molecule has 0 atom stereocenters. The van der Waals surface area contributed by atoms with Crippen LogP contribution in [0.1, 0.15) is 17.5 Å². The maximum atomic E-state index is 13.5. The van der Waals surface area contributed by atoms with Gasteiger partial charge in [0, 0.05) is 30.0 Å². The van der Waals surface area contributed by atoms with Gasteiger partial charge in [0.2, 0.25) is 5.91 Å². The summed E-state index contributed by atoms with van der Waals surface area (Å²) in [6.07, 6.45) is 0.111. The molecule has 0 aromatic heterocycles. The second-order valence-electron chi connectivity index (χ2n) is 5.23. The zero-order valence-corrected chi connectivity index (χ0v) is 14.2. The molecule has 2 aromatic carbocycles. The van der Waals surface area contributed by atoms with Gasteiger partial charge in [0.05, 0.1) is 0 Å². The van der Waals surface area contributed by atoms with Crippen LogP contribution >= 0.6 is 11.8 Å². The van der Waals surface area contributed by atoms with Crippen molar-refractivity contribution in [3.05, 3.63) is 71.3 Å². The minimum atomic E-state index is -0.883. The van der Waals surface area contributed by atoms with Crippen molar-refractivity contribution < 1.29 is 18.4 Å². The van der Waals surface area contributed by atoms with Crippen molar-refractivity contribution in [3.63, 3.8) is 0 Å². The Balaban J connectivity index is 1.63. The summed E-state index contributed by atoms with van der Waals surface area (Å²) in [4.78, 5) is 23.3. The van der Waals surface area contributed by atoms with Crippen molar-refractivity contribution in [1.82, 2.24) is 10.6 Å². The van der Waals surface area contributed by atoms with Crippen molar-refractivity contribution in [2.24, 2.45) is 0 Å². The molecule has 0 aliphatic heterocycles. The summed E-state index contributed by atoms with van der Waals surface area (Å²) >= 11 is 1.30. The molecule has 2 N–H and O–H groups in total. The van der Waals surface area contributed by atoms with Gasteiger partial charge in [0.25, 0.3) is 0 Å². The molecular weight excluding hydrogens is 346 g/mol. The molecule has 25 heavy (non-hydrogen) atoms. The van der Waals surface area contributed by atoms with Crippen molar-refractivity contribution in [2.45, 2.75) is 18.7 Å². The largest absolute Gasteiger partial charge is 0.334 e. The number of carbonyl (C=O) groups is 2. The maximum absolute atomic E-state index is 13.5. The standard InChI is InChI=1S/C18H18F2N2O2S/c19-15-8-4-7-14(17(15)20)12-25-10-9-16(23)22-18(24)21-11-13-5-2-1-3-6-13/h1-8H,9-12H2,(H2,21,22,23,24). The van der Waals surface area contributed by atoms with E-state index in [1.807, 2.05) is 30.3 Å². The fourth-order valence-electron chi connectivity index (χ4n) is 2.02. The lowest BCUT2D eigenvalue weighted by Crippen LogP contribution is -2.39. The number of hydrogen-bond acceptors (Lipinski definition) is 3. The Morgan fingerprint density at radius 1 is 1.00 bits per heavy atom. The Kier molecular flexibility index (Phi) is 7.40. The second kappa shape index (κ2) is 9.78. The highest BCUT2D eigenvalue weighted by molar-refractivity contribution is 7.98. The van der Waals surface area contributed by atoms with Crippen molar-refractivity contribution in [3.8, 4) is 0 Å². The summed E-state index contributed by atoms with van der Waals surface area (Å²) in [5, 5.41) is 4.82. The zero-order valence-electron chi connectivity index (χ0n) is 13.4. The number of urea groups is 1. The molecule has 3 amide bonds. The van der Waals surface area contributed by atoms with E-state index in [-0.39, 0.29) is 17.7 Å². The van der Waals surface area contributed by atoms with Crippen molar-refractivity contribution in [2.75, 3.05) is 5.75 Å². The zero-order chi connectivity index (χ0) is 18.1. The van der Waals surface area contributed by atoms with Gasteiger partial charge in [-0.25, -0.2) is 13.6 Å². The summed E-state index contributed by atoms with van der Waals surface area (Å²) in [5.41, 5.74) is 1.18. The van der Waals surface area contributed by atoms with Crippen LogP contribution in [0.25, 0.3) is 0 Å². The number of imide groups is 1. The predicted octanol–water partition coefficient (Wildman–Crippen LogP) is 3.61. The van der Waals surface area contributed by atoms with Crippen LogP contribution in [0.5, 0.6) is 0 Å². The maximum Gasteiger partial charge on any atom is 0.321 e. The van der Waals surface area contributed by atoms with E-state index >= 15 is 0 Å². The van der Waals surface area contributed by atoms with E-state index < -0.39 is 23.6 Å². The molecule has 0 radical (unpaired) electrons. The van der Waals surface area contributed by atoms with Gasteiger partial charge in [0.15, 0.2) is 11.6 Å². The van der Waals surface area contributed by atoms with Gasteiger partial charge >= 0.3 is 6.03 Å². The van der Waals surface area contributed by atoms with E-state index in [2.05, 4.69) is 10.6 Å². The molecule has 0 fully saturated rings. The number of thioether (sulfide) groups is 1. The number of halogens is 2. The number of amides is 3. The molecule has 0 saturated heterocycles. The summed E-state index contributed by atoms with van der Waals surface area (Å²) < 4.78 is 26.5. The molecule has 0 aliphatic carbocycles. The number of hydrogen-bond donors (Lipinski definition) is 2. The summed E-state index contributed by atoms with van der Waals surface area (Å²) in [5.74, 6) is -1.51. The Morgan fingerprint density at radius 3 is 2.52 bits per heavy atom. The van der Waals surface area contributed by atoms with Crippen LogP contribution in [-0.2, 0) is 17.1 Å². The monoisotopic (exact) mass is 364 g/mol. The van der Waals surface area contributed by atoms with E-state index in [1.165, 1.54) is 23.9 Å². The minimum absolute atomic E-state index is 0.111. The molecule has 0 unspecified atom stereocenters. The molecule has 0 saturated carbocycles. The van der Waals surface area contributed by atoms with Crippen LogP contribution in [0.3, 0.4) is 0 Å². The summed E-state index contributed by atoms with van der Waals surface area (Å²) in [6, 6.07) is 12.8. The third-order valence-corrected chi connectivity index (χ3v) is 4.32. The molecule has 0 bridgehead atoms. The van der Waals surface area contributed by atoms with Gasteiger partial charge in [-0.05, 0) is 11.6 Å². The van der Waals surface area contributed by atoms with Crippen LogP contribution < -0.4 is 10.6 Å². The van der Waals surface area contributed by atoms with Gasteiger partial charge in [-0.15, -0.1) is 0 Å². The van der Waals surface area contributed by atoms with Crippen LogP contribution in [0.15, 0.2) is 48.5 Å². The number of benzene rings is 2. The van der Waals surface area contributed by atoms with Crippen molar-refractivity contribution >= 4 is 23.7 Å². The second-order valence-corrected chi connectivity index (χ2v) is 6.34. The number of rotatable bonds is 7. The van der Waals surface area contributed by atoms with Gasteiger partial charge in [-0.1, -0.05) is 42.5 Å². The highest BCUT2D eigenvalue weighted by Gasteiger charge is 2.09. The van der Waals surface area contributed by atoms with Crippen LogP contribution in [0.4, 0.5) is 13.6 Å². The normalized spacial score (nSPS) is 10.3. The van der Waals surface area contributed by atoms with E-state index in [1.54, 1.807) is 0 Å². The minimum Gasteiger partial charge on any atom is -0.334 e. The third-order valence-electron chi connectivity index (χ3n) is 3.31. The van der Waals surface area contributed by atoms with E-state index in [9.17, 15) is 18.4 Å². The molecule has 2 aromatic rings. The molecule has 2 rings (SSSR count). The molecule has 0 aliphatic rings. The third kappa shape index (κ3) is 6.54. The molecular formula is C18H18F2N2O2S. The first-order chi connectivity index (χ1) is 12.1. The fourth-order valence-corrected chi connectivity index (χ4v) is 2.94. The van der Waals surface area contributed by atoms with E-state index in [4.69, 9.17) is 0 Å². The van der Waals surface area contributed by atoms with E-state index in [0.717, 1.165) is 11.6 Å². The lowest BCUT2D eigenvalue weighted by molar-refractivity contribution is -0.119.